The molecule has 2 aliphatic heterocycles. The fraction of sp³-hybridized carbons (Fsp3) is 0.500. The van der Waals surface area contributed by atoms with Crippen LogP contribution in [0.15, 0.2) is 25.0 Å². The molecular formula is C14H16F2N4O2. The minimum absolute atomic E-state index is 0.0916. The van der Waals surface area contributed by atoms with Gasteiger partial charge in [-0.3, -0.25) is 0 Å². The number of hydrogen-bond acceptors (Lipinski definition) is 6. The van der Waals surface area contributed by atoms with Crippen molar-refractivity contribution < 1.29 is 18.3 Å². The topological polar surface area (TPSA) is 67.3 Å². The number of nitrogens with one attached hydrogen (secondary N) is 1. The number of carbonyl (C=O) groups is 1. The van der Waals surface area contributed by atoms with Gasteiger partial charge in [-0.2, -0.15) is 0 Å². The summed E-state index contributed by atoms with van der Waals surface area (Å²) in [5, 5.41) is 2.83. The van der Waals surface area contributed by atoms with Crippen LogP contribution in [0.2, 0.25) is 0 Å². The van der Waals surface area contributed by atoms with Crippen LogP contribution in [0.5, 0.6) is 0 Å². The molecule has 0 spiro atoms. The van der Waals surface area contributed by atoms with E-state index in [0.29, 0.717) is 13.0 Å². The number of rotatable bonds is 4. The van der Waals surface area contributed by atoms with Crippen LogP contribution in [0, 0.1) is 0 Å². The van der Waals surface area contributed by atoms with E-state index in [9.17, 15) is 13.6 Å². The second-order valence-corrected chi connectivity index (χ2v) is 5.33. The molecule has 1 aromatic heterocycles. The van der Waals surface area contributed by atoms with Crippen LogP contribution < -0.4 is 10.2 Å². The highest BCUT2D eigenvalue weighted by molar-refractivity contribution is 5.88. The third-order valence-corrected chi connectivity index (χ3v) is 3.89. The van der Waals surface area contributed by atoms with Gasteiger partial charge in [0.25, 0.3) is 5.92 Å². The molecule has 8 heteroatoms. The van der Waals surface area contributed by atoms with E-state index in [1.807, 2.05) is 0 Å². The number of esters is 1. The first-order chi connectivity index (χ1) is 10.5. The number of anilines is 1. The summed E-state index contributed by atoms with van der Waals surface area (Å²) in [6.07, 6.45) is 4.66. The fourth-order valence-electron chi connectivity index (χ4n) is 2.92. The van der Waals surface area contributed by atoms with E-state index < -0.39 is 17.9 Å². The summed E-state index contributed by atoms with van der Waals surface area (Å²) in [7, 11) is 0. The predicted octanol–water partition coefficient (Wildman–Crippen LogP) is 1.01. The average molecular weight is 310 g/mol. The lowest BCUT2D eigenvalue weighted by atomic mass is 10.1. The van der Waals surface area contributed by atoms with Crippen LogP contribution >= 0.6 is 0 Å². The number of alkyl halides is 2. The molecular weight excluding hydrogens is 294 g/mol. The molecule has 1 aromatic rings. The molecule has 0 bridgehead atoms. The van der Waals surface area contributed by atoms with Gasteiger partial charge in [0.2, 0.25) is 5.95 Å². The van der Waals surface area contributed by atoms with Crippen LogP contribution in [-0.4, -0.2) is 53.6 Å². The zero-order chi connectivity index (χ0) is 15.7. The normalized spacial score (nSPS) is 25.8. The lowest BCUT2D eigenvalue weighted by Crippen LogP contribution is -2.46. The van der Waals surface area contributed by atoms with Crippen molar-refractivity contribution in [2.45, 2.75) is 24.4 Å². The van der Waals surface area contributed by atoms with Crippen LogP contribution in [0.3, 0.4) is 0 Å². The maximum atomic E-state index is 13.9. The van der Waals surface area contributed by atoms with Crippen molar-refractivity contribution in [2.24, 2.45) is 0 Å². The summed E-state index contributed by atoms with van der Waals surface area (Å²) in [4.78, 5) is 21.2. The van der Waals surface area contributed by atoms with E-state index in [1.165, 1.54) is 23.4 Å². The zero-order valence-electron chi connectivity index (χ0n) is 11.8. The van der Waals surface area contributed by atoms with Crippen molar-refractivity contribution in [3.63, 3.8) is 0 Å². The number of hydrogen-bond donors (Lipinski definition) is 1. The molecule has 0 radical (unpaired) electrons. The van der Waals surface area contributed by atoms with E-state index in [2.05, 4.69) is 21.9 Å². The number of carbonyl (C=O) groups excluding carboxylic acids is 1. The maximum Gasteiger partial charge on any atom is 0.341 e. The first-order valence-corrected chi connectivity index (χ1v) is 7.01. The largest absolute Gasteiger partial charge is 0.458 e. The highest BCUT2D eigenvalue weighted by Crippen LogP contribution is 2.37. The first kappa shape index (κ1) is 14.8. The van der Waals surface area contributed by atoms with Crippen molar-refractivity contribution >= 4 is 11.9 Å². The molecule has 22 heavy (non-hydrogen) atoms. The highest BCUT2D eigenvalue weighted by Gasteiger charge is 2.56. The molecule has 1 N–H and O–H groups in total. The summed E-state index contributed by atoms with van der Waals surface area (Å²) < 4.78 is 32.7. The Morgan fingerprint density at radius 1 is 1.55 bits per heavy atom. The summed E-state index contributed by atoms with van der Waals surface area (Å²) in [5.41, 5.74) is 0.178. The zero-order valence-corrected chi connectivity index (χ0v) is 11.8. The van der Waals surface area contributed by atoms with E-state index >= 15 is 0 Å². The van der Waals surface area contributed by atoms with Gasteiger partial charge in [-0.15, -0.1) is 0 Å². The quantitative estimate of drug-likeness (QED) is 0.661. The smallest absolute Gasteiger partial charge is 0.341 e. The van der Waals surface area contributed by atoms with Crippen molar-refractivity contribution in [1.29, 1.82) is 0 Å². The van der Waals surface area contributed by atoms with E-state index in [1.54, 1.807) is 0 Å². The van der Waals surface area contributed by atoms with Gasteiger partial charge in [-0.1, -0.05) is 12.7 Å². The van der Waals surface area contributed by atoms with Gasteiger partial charge in [-0.05, 0) is 6.42 Å². The van der Waals surface area contributed by atoms with Crippen molar-refractivity contribution in [1.82, 2.24) is 15.3 Å². The van der Waals surface area contributed by atoms with Crippen molar-refractivity contribution in [3.8, 4) is 0 Å². The molecule has 0 aromatic carbocycles. The summed E-state index contributed by atoms with van der Waals surface area (Å²) in [5.74, 6) is -3.18. The molecule has 0 saturated carbocycles. The molecule has 118 valence electrons. The summed E-state index contributed by atoms with van der Waals surface area (Å²) in [6.45, 7) is 3.66. The Labute approximate surface area is 126 Å². The number of nitrogens with zero attached hydrogens (tertiary/aromatic N) is 3. The Morgan fingerprint density at radius 2 is 2.27 bits per heavy atom. The van der Waals surface area contributed by atoms with Gasteiger partial charge >= 0.3 is 5.97 Å². The Bertz CT molecular complexity index is 579. The Morgan fingerprint density at radius 3 is 2.95 bits per heavy atom. The van der Waals surface area contributed by atoms with Crippen molar-refractivity contribution in [2.75, 3.05) is 24.6 Å². The molecule has 2 unspecified atom stereocenters. The second kappa shape index (κ2) is 5.60. The van der Waals surface area contributed by atoms with Crippen LogP contribution in [-0.2, 0) is 4.74 Å². The van der Waals surface area contributed by atoms with Gasteiger partial charge in [0.1, 0.15) is 12.6 Å². The molecule has 2 atom stereocenters. The summed E-state index contributed by atoms with van der Waals surface area (Å²) >= 11 is 0. The third-order valence-electron chi connectivity index (χ3n) is 3.89. The molecule has 0 aliphatic carbocycles. The van der Waals surface area contributed by atoms with E-state index in [4.69, 9.17) is 4.74 Å². The Balaban J connectivity index is 1.76. The fourth-order valence-corrected chi connectivity index (χ4v) is 2.92. The standard InChI is InChI=1S/C14H16F2N4O2/c1-2-5-22-12(21)9-6-17-13(18-7-9)20-4-3-10-11(20)14(15,16)8-19-10/h2,6-7,10-11,19H,1,3-5,8H2. The Kier molecular flexibility index (Phi) is 3.78. The third kappa shape index (κ3) is 2.54. The predicted molar refractivity (Wildman–Crippen MR) is 75.0 cm³/mol. The molecule has 0 amide bonds. The monoisotopic (exact) mass is 310 g/mol. The lowest BCUT2D eigenvalue weighted by Gasteiger charge is -2.27. The average Bonchev–Trinajstić information content (AvgIpc) is 3.07. The van der Waals surface area contributed by atoms with Crippen molar-refractivity contribution in [3.05, 3.63) is 30.6 Å². The molecule has 2 aliphatic rings. The highest BCUT2D eigenvalue weighted by atomic mass is 19.3. The minimum Gasteiger partial charge on any atom is -0.458 e. The minimum atomic E-state index is -2.81. The first-order valence-electron chi connectivity index (χ1n) is 7.01. The maximum absolute atomic E-state index is 13.9. The van der Waals surface area contributed by atoms with Crippen LogP contribution in [0.4, 0.5) is 14.7 Å². The van der Waals surface area contributed by atoms with Gasteiger partial charge in [0.15, 0.2) is 0 Å². The molecule has 2 fully saturated rings. The van der Waals surface area contributed by atoms with Crippen LogP contribution in [0.1, 0.15) is 16.8 Å². The van der Waals surface area contributed by atoms with E-state index in [-0.39, 0.29) is 30.7 Å². The van der Waals surface area contributed by atoms with Gasteiger partial charge in [0, 0.05) is 25.0 Å². The SMILES string of the molecule is C=CCOC(=O)c1cnc(N2CCC3NCC(F)(F)C32)nc1. The number of aromatic nitrogens is 2. The molecule has 2 saturated heterocycles. The van der Waals surface area contributed by atoms with Gasteiger partial charge < -0.3 is 15.0 Å². The number of fused-ring (bicyclic) bond motifs is 1. The number of ether oxygens (including phenoxy) is 1. The Hall–Kier alpha value is -2.09. The van der Waals surface area contributed by atoms with Gasteiger partial charge in [-0.25, -0.2) is 23.5 Å². The van der Waals surface area contributed by atoms with E-state index in [0.717, 1.165) is 0 Å². The molecule has 6 nitrogen and oxygen atoms in total. The lowest BCUT2D eigenvalue weighted by molar-refractivity contribution is 0.00583. The molecule has 3 rings (SSSR count). The van der Waals surface area contributed by atoms with Gasteiger partial charge in [0.05, 0.1) is 12.1 Å². The number of halogens is 2. The second-order valence-electron chi connectivity index (χ2n) is 5.33. The van der Waals surface area contributed by atoms with Crippen LogP contribution in [0.25, 0.3) is 0 Å². The summed E-state index contributed by atoms with van der Waals surface area (Å²) in [6, 6.07) is -1.19. The molecule has 3 heterocycles.